The highest BCUT2D eigenvalue weighted by molar-refractivity contribution is 5.85. The third-order valence-corrected chi connectivity index (χ3v) is 3.27. The summed E-state index contributed by atoms with van der Waals surface area (Å²) in [5, 5.41) is 5.65. The van der Waals surface area contributed by atoms with Crippen LogP contribution in [-0.2, 0) is 9.59 Å². The molecule has 0 aromatic carbocycles. The van der Waals surface area contributed by atoms with Crippen molar-refractivity contribution in [3.8, 4) is 0 Å². The molecule has 0 radical (unpaired) electrons. The molecular weight excluding hydrogens is 266 g/mol. The molecule has 6 heteroatoms. The number of halogens is 1. The minimum absolute atomic E-state index is 0. The summed E-state index contributed by atoms with van der Waals surface area (Å²) in [6.07, 6.45) is 1.33. The van der Waals surface area contributed by atoms with Crippen molar-refractivity contribution in [3.05, 3.63) is 0 Å². The van der Waals surface area contributed by atoms with E-state index in [1.165, 1.54) is 0 Å². The lowest BCUT2D eigenvalue weighted by Crippen LogP contribution is -2.55. The molecule has 0 aromatic heterocycles. The first-order valence-corrected chi connectivity index (χ1v) is 6.63. The zero-order valence-corrected chi connectivity index (χ0v) is 13.2. The largest absolute Gasteiger partial charge is 0.356 e. The van der Waals surface area contributed by atoms with Gasteiger partial charge in [0, 0.05) is 25.9 Å². The van der Waals surface area contributed by atoms with Crippen LogP contribution in [0.3, 0.4) is 0 Å². The van der Waals surface area contributed by atoms with Crippen LogP contribution in [0.4, 0.5) is 0 Å². The molecule has 0 heterocycles. The van der Waals surface area contributed by atoms with Gasteiger partial charge in [-0.1, -0.05) is 20.8 Å². The number of carbonyl (C=O) groups excluding carboxylic acids is 2. The van der Waals surface area contributed by atoms with E-state index in [9.17, 15) is 9.59 Å². The second-order valence-corrected chi connectivity index (χ2v) is 5.17. The van der Waals surface area contributed by atoms with Gasteiger partial charge in [-0.2, -0.15) is 0 Å². The summed E-state index contributed by atoms with van der Waals surface area (Å²) < 4.78 is 0. The van der Waals surface area contributed by atoms with Crippen molar-refractivity contribution in [1.29, 1.82) is 0 Å². The smallest absolute Gasteiger partial charge is 0.220 e. The molecule has 0 bridgehead atoms. The zero-order valence-electron chi connectivity index (χ0n) is 12.4. The molecule has 0 aliphatic carbocycles. The Morgan fingerprint density at radius 1 is 1.21 bits per heavy atom. The average Bonchev–Trinajstić information content (AvgIpc) is 2.33. The first-order chi connectivity index (χ1) is 8.35. The molecule has 0 saturated carbocycles. The Kier molecular flexibility index (Phi) is 10.8. The number of carbonyl (C=O) groups is 2. The fourth-order valence-electron chi connectivity index (χ4n) is 1.39. The summed E-state index contributed by atoms with van der Waals surface area (Å²) in [4.78, 5) is 23.1. The molecule has 0 fully saturated rings. The Morgan fingerprint density at radius 2 is 1.74 bits per heavy atom. The quantitative estimate of drug-likeness (QED) is 0.629. The molecular formula is C13H28ClN3O2. The van der Waals surface area contributed by atoms with Crippen molar-refractivity contribution in [2.24, 2.45) is 11.7 Å². The molecule has 0 aliphatic heterocycles. The Balaban J connectivity index is 0. The molecule has 0 saturated heterocycles. The van der Waals surface area contributed by atoms with Crippen molar-refractivity contribution in [3.63, 3.8) is 0 Å². The minimum Gasteiger partial charge on any atom is -0.356 e. The lowest BCUT2D eigenvalue weighted by atomic mass is 9.88. The monoisotopic (exact) mass is 293 g/mol. The topological polar surface area (TPSA) is 84.2 Å². The van der Waals surface area contributed by atoms with Crippen molar-refractivity contribution in [1.82, 2.24) is 10.6 Å². The highest BCUT2D eigenvalue weighted by Crippen LogP contribution is 2.14. The number of nitrogens with one attached hydrogen (secondary N) is 2. The predicted molar refractivity (Wildman–Crippen MR) is 80.2 cm³/mol. The lowest BCUT2D eigenvalue weighted by Gasteiger charge is -2.33. The van der Waals surface area contributed by atoms with Gasteiger partial charge in [0.1, 0.15) is 0 Å². The van der Waals surface area contributed by atoms with Gasteiger partial charge < -0.3 is 16.4 Å². The van der Waals surface area contributed by atoms with Crippen molar-refractivity contribution < 1.29 is 9.59 Å². The SMILES string of the molecule is CCCNC(=O)CCC(=O)NC(C)(CN)C(C)C.Cl. The average molecular weight is 294 g/mol. The van der Waals surface area contributed by atoms with Gasteiger partial charge in [-0.3, -0.25) is 9.59 Å². The third-order valence-electron chi connectivity index (χ3n) is 3.27. The van der Waals surface area contributed by atoms with E-state index in [0.717, 1.165) is 6.42 Å². The Hall–Kier alpha value is -0.810. The maximum atomic E-state index is 11.8. The van der Waals surface area contributed by atoms with Crippen LogP contribution in [-0.4, -0.2) is 30.4 Å². The number of nitrogens with two attached hydrogens (primary N) is 1. The second-order valence-electron chi connectivity index (χ2n) is 5.17. The maximum Gasteiger partial charge on any atom is 0.220 e. The third kappa shape index (κ3) is 8.06. The van der Waals surface area contributed by atoms with E-state index in [0.29, 0.717) is 13.1 Å². The standard InChI is InChI=1S/C13H27N3O2.ClH/c1-5-8-15-11(17)6-7-12(18)16-13(4,9-14)10(2)3;/h10H,5-9,14H2,1-4H3,(H,15,17)(H,16,18);1H. The molecule has 1 atom stereocenters. The zero-order chi connectivity index (χ0) is 14.2. The molecule has 2 amide bonds. The Bertz CT molecular complexity index is 285. The summed E-state index contributed by atoms with van der Waals surface area (Å²) in [7, 11) is 0. The minimum atomic E-state index is -0.406. The summed E-state index contributed by atoms with van der Waals surface area (Å²) in [5.74, 6) is 0.0506. The van der Waals surface area contributed by atoms with Crippen LogP contribution in [0.1, 0.15) is 47.0 Å². The van der Waals surface area contributed by atoms with Gasteiger partial charge in [0.15, 0.2) is 0 Å². The van der Waals surface area contributed by atoms with Gasteiger partial charge in [0.25, 0.3) is 0 Å². The van der Waals surface area contributed by atoms with Gasteiger partial charge in [-0.25, -0.2) is 0 Å². The molecule has 5 nitrogen and oxygen atoms in total. The predicted octanol–water partition coefficient (Wildman–Crippen LogP) is 1.20. The highest BCUT2D eigenvalue weighted by Gasteiger charge is 2.28. The maximum absolute atomic E-state index is 11.8. The van der Waals surface area contributed by atoms with Crippen molar-refractivity contribution in [2.45, 2.75) is 52.5 Å². The van der Waals surface area contributed by atoms with Gasteiger partial charge in [0.05, 0.1) is 5.54 Å². The lowest BCUT2D eigenvalue weighted by molar-refractivity contribution is -0.127. The van der Waals surface area contributed by atoms with Gasteiger partial charge >= 0.3 is 0 Å². The van der Waals surface area contributed by atoms with Gasteiger partial charge in [-0.15, -0.1) is 12.4 Å². The molecule has 4 N–H and O–H groups in total. The number of hydrogen-bond donors (Lipinski definition) is 3. The second kappa shape index (κ2) is 10.0. The van der Waals surface area contributed by atoms with E-state index in [2.05, 4.69) is 10.6 Å². The molecule has 1 unspecified atom stereocenters. The molecule has 0 rings (SSSR count). The van der Waals surface area contributed by atoms with Crippen LogP contribution >= 0.6 is 12.4 Å². The van der Waals surface area contributed by atoms with Crippen LogP contribution in [0.5, 0.6) is 0 Å². The fraction of sp³-hybridized carbons (Fsp3) is 0.846. The number of rotatable bonds is 8. The first-order valence-electron chi connectivity index (χ1n) is 6.63. The summed E-state index contributed by atoms with van der Waals surface area (Å²) in [6.45, 7) is 8.99. The van der Waals surface area contributed by atoms with E-state index >= 15 is 0 Å². The van der Waals surface area contributed by atoms with E-state index < -0.39 is 5.54 Å². The molecule has 0 aromatic rings. The normalized spacial score (nSPS) is 13.4. The van der Waals surface area contributed by atoms with Crippen LogP contribution < -0.4 is 16.4 Å². The molecule has 0 aliphatic rings. The van der Waals surface area contributed by atoms with Crippen molar-refractivity contribution >= 4 is 24.2 Å². The van der Waals surface area contributed by atoms with Gasteiger partial charge in [-0.05, 0) is 19.3 Å². The first kappa shape index (κ1) is 20.5. The Morgan fingerprint density at radius 3 is 2.16 bits per heavy atom. The molecule has 0 spiro atoms. The number of amides is 2. The Labute approximate surface area is 122 Å². The van der Waals surface area contributed by atoms with E-state index in [1.807, 2.05) is 27.7 Å². The summed E-state index contributed by atoms with van der Waals surface area (Å²) in [6, 6.07) is 0. The molecule has 19 heavy (non-hydrogen) atoms. The van der Waals surface area contributed by atoms with E-state index in [1.54, 1.807) is 0 Å². The van der Waals surface area contributed by atoms with E-state index in [4.69, 9.17) is 5.73 Å². The summed E-state index contributed by atoms with van der Waals surface area (Å²) in [5.41, 5.74) is 5.28. The number of hydrogen-bond acceptors (Lipinski definition) is 3. The van der Waals surface area contributed by atoms with Crippen LogP contribution in [0, 0.1) is 5.92 Å². The van der Waals surface area contributed by atoms with Crippen LogP contribution in [0.25, 0.3) is 0 Å². The van der Waals surface area contributed by atoms with Crippen LogP contribution in [0.15, 0.2) is 0 Å². The fourth-order valence-corrected chi connectivity index (χ4v) is 1.39. The van der Waals surface area contributed by atoms with Crippen molar-refractivity contribution in [2.75, 3.05) is 13.1 Å². The summed E-state index contributed by atoms with van der Waals surface area (Å²) >= 11 is 0. The van der Waals surface area contributed by atoms with Crippen LogP contribution in [0.2, 0.25) is 0 Å². The molecule has 114 valence electrons. The van der Waals surface area contributed by atoms with Gasteiger partial charge in [0.2, 0.25) is 11.8 Å². The van der Waals surface area contributed by atoms with E-state index in [-0.39, 0.29) is 43.0 Å². The highest BCUT2D eigenvalue weighted by atomic mass is 35.5.